The van der Waals surface area contributed by atoms with Gasteiger partial charge in [0.15, 0.2) is 0 Å². The molecule has 0 aromatic heterocycles. The van der Waals surface area contributed by atoms with Crippen molar-refractivity contribution in [2.24, 2.45) is 5.92 Å². The first kappa shape index (κ1) is 12.8. The highest BCUT2D eigenvalue weighted by atomic mass is 16.3. The fourth-order valence-electron chi connectivity index (χ4n) is 1.29. The third-order valence-corrected chi connectivity index (χ3v) is 1.93. The summed E-state index contributed by atoms with van der Waals surface area (Å²) >= 11 is 0. The maximum atomic E-state index is 9.70. The van der Waals surface area contributed by atoms with E-state index in [1.54, 1.807) is 0 Å². The minimum atomic E-state index is -0.456. The molecule has 4 nitrogen and oxygen atoms in total. The Labute approximate surface area is 80.8 Å². The van der Waals surface area contributed by atoms with E-state index < -0.39 is 6.10 Å². The summed E-state index contributed by atoms with van der Waals surface area (Å²) in [5.41, 5.74) is 0. The predicted molar refractivity (Wildman–Crippen MR) is 53.7 cm³/mol. The molecule has 13 heavy (non-hydrogen) atoms. The van der Waals surface area contributed by atoms with Crippen LogP contribution in [0.2, 0.25) is 0 Å². The summed E-state index contributed by atoms with van der Waals surface area (Å²) in [7, 11) is 7.69. The Bertz CT molecular complexity index is 129. The molecule has 0 amide bonds. The second-order valence-electron chi connectivity index (χ2n) is 4.03. The Morgan fingerprint density at radius 1 is 1.00 bits per heavy atom. The van der Waals surface area contributed by atoms with E-state index in [0.717, 1.165) is 0 Å². The summed E-state index contributed by atoms with van der Waals surface area (Å²) in [6.45, 7) is 1.34. The highest BCUT2D eigenvalue weighted by molar-refractivity contribution is 4.72. The van der Waals surface area contributed by atoms with Crippen LogP contribution in [0.1, 0.15) is 0 Å². The van der Waals surface area contributed by atoms with Crippen molar-refractivity contribution in [3.8, 4) is 0 Å². The first-order valence-electron chi connectivity index (χ1n) is 4.55. The molecular formula is C9H22N2O2. The number of hydrogen-bond acceptors (Lipinski definition) is 4. The highest BCUT2D eigenvalue weighted by Crippen LogP contribution is 2.05. The van der Waals surface area contributed by atoms with E-state index in [2.05, 4.69) is 0 Å². The topological polar surface area (TPSA) is 46.9 Å². The number of likely N-dealkylation sites (N-methyl/N-ethyl adjacent to an activating group) is 1. The summed E-state index contributed by atoms with van der Waals surface area (Å²) < 4.78 is 0. The smallest absolute Gasteiger partial charge is 0.0729 e. The molecule has 0 saturated carbocycles. The average molecular weight is 190 g/mol. The van der Waals surface area contributed by atoms with Gasteiger partial charge in [-0.1, -0.05) is 0 Å². The van der Waals surface area contributed by atoms with Gasteiger partial charge in [-0.2, -0.15) is 0 Å². The predicted octanol–water partition coefficient (Wildman–Crippen LogP) is -0.921. The van der Waals surface area contributed by atoms with E-state index in [1.165, 1.54) is 0 Å². The highest BCUT2D eigenvalue weighted by Gasteiger charge is 2.19. The summed E-state index contributed by atoms with van der Waals surface area (Å²) in [5, 5.41) is 18.8. The van der Waals surface area contributed by atoms with Crippen molar-refractivity contribution in [2.75, 3.05) is 47.9 Å². The molecule has 2 unspecified atom stereocenters. The zero-order valence-electron chi connectivity index (χ0n) is 9.06. The van der Waals surface area contributed by atoms with Gasteiger partial charge >= 0.3 is 0 Å². The molecule has 2 N–H and O–H groups in total. The van der Waals surface area contributed by atoms with E-state index in [0.29, 0.717) is 13.1 Å². The second kappa shape index (κ2) is 6.32. The second-order valence-corrected chi connectivity index (χ2v) is 4.03. The third-order valence-electron chi connectivity index (χ3n) is 1.93. The van der Waals surface area contributed by atoms with Gasteiger partial charge in [-0.25, -0.2) is 0 Å². The van der Waals surface area contributed by atoms with Crippen LogP contribution in [0.15, 0.2) is 0 Å². The van der Waals surface area contributed by atoms with Crippen molar-refractivity contribution in [3.05, 3.63) is 0 Å². The molecule has 0 heterocycles. The standard InChI is InChI=1S/C9H22N2O2/c1-10(2)5-8(7-12)9(13)6-11(3)4/h8-9,12-13H,5-7H2,1-4H3. The summed E-state index contributed by atoms with van der Waals surface area (Å²) in [6.07, 6.45) is -0.456. The van der Waals surface area contributed by atoms with Crippen molar-refractivity contribution in [1.82, 2.24) is 9.80 Å². The molecule has 0 saturated heterocycles. The van der Waals surface area contributed by atoms with Gasteiger partial charge in [-0.05, 0) is 28.2 Å². The molecule has 0 aliphatic heterocycles. The lowest BCUT2D eigenvalue weighted by atomic mass is 10.0. The molecule has 0 fully saturated rings. The Hall–Kier alpha value is -0.160. The molecule has 80 valence electrons. The maximum Gasteiger partial charge on any atom is 0.0729 e. The van der Waals surface area contributed by atoms with E-state index in [-0.39, 0.29) is 12.5 Å². The Balaban J connectivity index is 3.91. The van der Waals surface area contributed by atoms with E-state index >= 15 is 0 Å². The first-order chi connectivity index (χ1) is 5.97. The van der Waals surface area contributed by atoms with Gasteiger partial charge in [-0.3, -0.25) is 0 Å². The lowest BCUT2D eigenvalue weighted by Crippen LogP contribution is -2.39. The van der Waals surface area contributed by atoms with Crippen molar-refractivity contribution in [2.45, 2.75) is 6.10 Å². The monoisotopic (exact) mass is 190 g/mol. The van der Waals surface area contributed by atoms with Crippen LogP contribution in [0.5, 0.6) is 0 Å². The zero-order valence-corrected chi connectivity index (χ0v) is 9.06. The number of hydrogen-bond donors (Lipinski definition) is 2. The fourth-order valence-corrected chi connectivity index (χ4v) is 1.29. The Kier molecular flexibility index (Phi) is 6.24. The zero-order chi connectivity index (χ0) is 10.4. The van der Waals surface area contributed by atoms with E-state index in [9.17, 15) is 5.11 Å². The molecule has 0 spiro atoms. The summed E-state index contributed by atoms with van der Waals surface area (Å²) in [4.78, 5) is 3.89. The molecule has 0 radical (unpaired) electrons. The van der Waals surface area contributed by atoms with Gasteiger partial charge in [0.25, 0.3) is 0 Å². The molecular weight excluding hydrogens is 168 g/mol. The normalized spacial score (nSPS) is 16.6. The maximum absolute atomic E-state index is 9.70. The Morgan fingerprint density at radius 2 is 1.46 bits per heavy atom. The van der Waals surface area contributed by atoms with Gasteiger partial charge in [0, 0.05) is 25.6 Å². The molecule has 0 bridgehead atoms. The van der Waals surface area contributed by atoms with Crippen LogP contribution in [-0.4, -0.2) is 74.0 Å². The van der Waals surface area contributed by atoms with Crippen LogP contribution in [-0.2, 0) is 0 Å². The molecule has 0 aliphatic rings. The quantitative estimate of drug-likeness (QED) is 0.568. The lowest BCUT2D eigenvalue weighted by molar-refractivity contribution is 0.0353. The molecule has 0 rings (SSSR count). The van der Waals surface area contributed by atoms with Crippen molar-refractivity contribution < 1.29 is 10.2 Å². The third kappa shape index (κ3) is 5.99. The van der Waals surface area contributed by atoms with Crippen molar-refractivity contribution >= 4 is 0 Å². The molecule has 2 atom stereocenters. The lowest BCUT2D eigenvalue weighted by Gasteiger charge is -2.26. The summed E-state index contributed by atoms with van der Waals surface area (Å²) in [5.74, 6) is -0.0580. The van der Waals surface area contributed by atoms with Crippen LogP contribution in [0, 0.1) is 5.92 Å². The largest absolute Gasteiger partial charge is 0.396 e. The van der Waals surface area contributed by atoms with Gasteiger partial charge in [0.1, 0.15) is 0 Å². The number of rotatable bonds is 6. The number of nitrogens with zero attached hydrogens (tertiary/aromatic N) is 2. The minimum Gasteiger partial charge on any atom is -0.396 e. The Morgan fingerprint density at radius 3 is 1.77 bits per heavy atom. The number of aliphatic hydroxyl groups is 2. The van der Waals surface area contributed by atoms with Crippen molar-refractivity contribution in [3.63, 3.8) is 0 Å². The van der Waals surface area contributed by atoms with E-state index in [1.807, 2.05) is 38.0 Å². The molecule has 0 aromatic rings. The van der Waals surface area contributed by atoms with Crippen LogP contribution in [0.4, 0.5) is 0 Å². The van der Waals surface area contributed by atoms with Gasteiger partial charge in [0.2, 0.25) is 0 Å². The van der Waals surface area contributed by atoms with Gasteiger partial charge in [0.05, 0.1) is 6.10 Å². The van der Waals surface area contributed by atoms with Crippen LogP contribution >= 0.6 is 0 Å². The molecule has 0 aliphatic carbocycles. The SMILES string of the molecule is CN(C)CC(O)C(CO)CN(C)C. The first-order valence-corrected chi connectivity index (χ1v) is 4.55. The van der Waals surface area contributed by atoms with Gasteiger partial charge < -0.3 is 20.0 Å². The van der Waals surface area contributed by atoms with Crippen LogP contribution in [0.25, 0.3) is 0 Å². The van der Waals surface area contributed by atoms with E-state index in [4.69, 9.17) is 5.11 Å². The van der Waals surface area contributed by atoms with Crippen molar-refractivity contribution in [1.29, 1.82) is 0 Å². The van der Waals surface area contributed by atoms with Crippen LogP contribution in [0.3, 0.4) is 0 Å². The van der Waals surface area contributed by atoms with Crippen LogP contribution < -0.4 is 0 Å². The summed E-state index contributed by atoms with van der Waals surface area (Å²) in [6, 6.07) is 0. The molecule has 4 heteroatoms. The fraction of sp³-hybridized carbons (Fsp3) is 1.00. The average Bonchev–Trinajstić information content (AvgIpc) is 1.98. The van der Waals surface area contributed by atoms with Gasteiger partial charge in [-0.15, -0.1) is 0 Å². The minimum absolute atomic E-state index is 0.0349. The molecule has 0 aromatic carbocycles. The number of aliphatic hydroxyl groups excluding tert-OH is 2.